The van der Waals surface area contributed by atoms with E-state index in [0.717, 1.165) is 116 Å². The van der Waals surface area contributed by atoms with E-state index in [4.69, 9.17) is 10.5 Å². The molecule has 0 heterocycles. The van der Waals surface area contributed by atoms with E-state index < -0.39 is 12.0 Å². The molecule has 0 bridgehead atoms. The summed E-state index contributed by atoms with van der Waals surface area (Å²) in [5.74, 6) is -1.32. The molecule has 0 rings (SSSR count). The highest BCUT2D eigenvalue weighted by atomic mass is 16.5. The highest BCUT2D eigenvalue weighted by Gasteiger charge is 2.18. The Labute approximate surface area is 355 Å². The van der Waals surface area contributed by atoms with Gasteiger partial charge in [0.05, 0.1) is 0 Å². The summed E-state index contributed by atoms with van der Waals surface area (Å²) in [6.07, 6.45) is 60.6. The zero-order chi connectivity index (χ0) is 42.4. The normalized spacial score (nSPS) is 13.6. The first-order valence-electron chi connectivity index (χ1n) is 23.1. The van der Waals surface area contributed by atoms with Gasteiger partial charge >= 0.3 is 11.9 Å². The monoisotopic (exact) mass is 805 g/mol. The van der Waals surface area contributed by atoms with Crippen molar-refractivity contribution >= 4 is 17.8 Å². The number of aliphatic carboxylic acids is 1. The third kappa shape index (κ3) is 40.5. The van der Waals surface area contributed by atoms with Crippen molar-refractivity contribution in [2.24, 2.45) is 5.73 Å². The molecule has 2 atom stereocenters. The van der Waals surface area contributed by atoms with Crippen LogP contribution >= 0.6 is 0 Å². The van der Waals surface area contributed by atoms with Gasteiger partial charge in [0.25, 0.3) is 0 Å². The number of carboxylic acids is 1. The van der Waals surface area contributed by atoms with Gasteiger partial charge in [-0.05, 0) is 115 Å². The molecule has 0 aliphatic heterocycles. The maximum absolute atomic E-state index is 12.8. The van der Waals surface area contributed by atoms with Gasteiger partial charge in [0.1, 0.15) is 12.1 Å². The Hall–Kier alpha value is -3.71. The van der Waals surface area contributed by atoms with Crippen molar-refractivity contribution < 1.29 is 24.2 Å². The predicted molar refractivity (Wildman–Crippen MR) is 248 cm³/mol. The number of hydrogen-bond donors (Lipinski definition) is 3. The second-order valence-corrected chi connectivity index (χ2v) is 15.0. The predicted octanol–water partition coefficient (Wildman–Crippen LogP) is 13.4. The molecule has 0 radical (unpaired) electrons. The van der Waals surface area contributed by atoms with Crippen molar-refractivity contribution in [2.45, 2.75) is 199 Å². The van der Waals surface area contributed by atoms with Crippen molar-refractivity contribution in [3.63, 3.8) is 0 Å². The molecule has 0 aromatic carbocycles. The smallest absolute Gasteiger partial charge is 0.326 e. The lowest BCUT2D eigenvalue weighted by atomic mass is 10.0. The molecule has 0 aromatic heterocycles. The van der Waals surface area contributed by atoms with Gasteiger partial charge in [0, 0.05) is 12.8 Å². The Morgan fingerprint density at radius 3 is 1.45 bits per heavy atom. The lowest BCUT2D eigenvalue weighted by Gasteiger charge is -2.15. The van der Waals surface area contributed by atoms with E-state index in [-0.39, 0.29) is 18.0 Å². The third-order valence-corrected chi connectivity index (χ3v) is 9.63. The first kappa shape index (κ1) is 54.3. The number of ether oxygens (including phenoxy) is 1. The quantitative estimate of drug-likeness (QED) is 0.0322. The second-order valence-electron chi connectivity index (χ2n) is 15.0. The van der Waals surface area contributed by atoms with Crippen molar-refractivity contribution in [3.8, 4) is 0 Å². The molecular formula is C51H84N2O5. The van der Waals surface area contributed by atoms with Crippen LogP contribution in [0.3, 0.4) is 0 Å². The number of nitrogens with two attached hydrogens (primary N) is 1. The van der Waals surface area contributed by atoms with Crippen LogP contribution in [0.1, 0.15) is 187 Å². The summed E-state index contributed by atoms with van der Waals surface area (Å²) < 4.78 is 5.93. The Morgan fingerprint density at radius 2 is 0.948 bits per heavy atom. The van der Waals surface area contributed by atoms with E-state index in [2.05, 4.69) is 116 Å². The number of amides is 1. The molecule has 4 N–H and O–H groups in total. The average molecular weight is 805 g/mol. The summed E-state index contributed by atoms with van der Waals surface area (Å²) in [6.45, 7) is 4.70. The van der Waals surface area contributed by atoms with Crippen LogP contribution in [0.5, 0.6) is 0 Å². The maximum atomic E-state index is 12.8. The SMILES string of the molecule is CC/C=C\C/C=C\C/C=C\C/C=C\C/C=C\CCCCCCCCCC(=O)OC(/C=C\C/C=C\C/C=C\CC)CCCCCCCCC(=O)NC(CCCN)C(=O)O. The van der Waals surface area contributed by atoms with E-state index in [0.29, 0.717) is 32.2 Å². The van der Waals surface area contributed by atoms with Gasteiger partial charge in [-0.15, -0.1) is 0 Å². The number of carboxylic acid groups (broad SMARTS) is 1. The fourth-order valence-electron chi connectivity index (χ4n) is 6.23. The molecule has 7 heteroatoms. The summed E-state index contributed by atoms with van der Waals surface area (Å²) in [7, 11) is 0. The van der Waals surface area contributed by atoms with Gasteiger partial charge in [0.15, 0.2) is 0 Å². The number of esters is 1. The first-order chi connectivity index (χ1) is 28.4. The fraction of sp³-hybridized carbons (Fsp3) is 0.627. The molecule has 0 aromatic rings. The summed E-state index contributed by atoms with van der Waals surface area (Å²) in [5, 5.41) is 11.9. The highest BCUT2D eigenvalue weighted by Crippen LogP contribution is 2.15. The second kappa shape index (κ2) is 44.4. The number of carbonyl (C=O) groups is 3. The Morgan fingerprint density at radius 1 is 0.517 bits per heavy atom. The first-order valence-corrected chi connectivity index (χ1v) is 23.1. The van der Waals surface area contributed by atoms with Crippen LogP contribution in [-0.2, 0) is 19.1 Å². The number of hydrogen-bond acceptors (Lipinski definition) is 5. The van der Waals surface area contributed by atoms with Gasteiger partial charge in [0.2, 0.25) is 5.91 Å². The van der Waals surface area contributed by atoms with Gasteiger partial charge in [-0.1, -0.05) is 163 Å². The molecule has 0 saturated heterocycles. The lowest BCUT2D eigenvalue weighted by Crippen LogP contribution is -2.40. The fourth-order valence-corrected chi connectivity index (χ4v) is 6.23. The van der Waals surface area contributed by atoms with Gasteiger partial charge < -0.3 is 20.9 Å². The van der Waals surface area contributed by atoms with Crippen LogP contribution < -0.4 is 11.1 Å². The third-order valence-electron chi connectivity index (χ3n) is 9.63. The van der Waals surface area contributed by atoms with Crippen molar-refractivity contribution in [2.75, 3.05) is 6.54 Å². The average Bonchev–Trinajstić information content (AvgIpc) is 3.21. The minimum Gasteiger partial charge on any atom is -0.480 e. The minimum atomic E-state index is -1.01. The van der Waals surface area contributed by atoms with Crippen molar-refractivity contribution in [1.29, 1.82) is 0 Å². The molecule has 328 valence electrons. The summed E-state index contributed by atoms with van der Waals surface area (Å²) in [5.41, 5.74) is 5.48. The van der Waals surface area contributed by atoms with Crippen LogP contribution in [0.4, 0.5) is 0 Å². The summed E-state index contributed by atoms with van der Waals surface area (Å²) >= 11 is 0. The molecule has 0 aliphatic rings. The Balaban J connectivity index is 4.22. The standard InChI is InChI=1S/C51H84N2O5/c1-3-5-7-9-11-13-14-15-16-17-18-19-20-21-22-23-24-25-26-27-29-35-39-45-50(55)58-47(41-36-32-28-12-10-8-6-4-2)42-37-33-30-31-34-38-44-49(54)53-48(51(56)57)43-40-46-52/h5-8,11-13,15-16,18-19,21-22,28,36,41,47-48H,3-4,9-10,14,17,20,23-27,29-35,37-40,42-46,52H2,1-2H3,(H,53,54)(H,56,57)/b7-5-,8-6-,13-11-,16-15-,19-18-,22-21-,28-12-,41-36-. The molecule has 0 fully saturated rings. The van der Waals surface area contributed by atoms with Crippen molar-refractivity contribution in [1.82, 2.24) is 5.32 Å². The van der Waals surface area contributed by atoms with E-state index in [1.165, 1.54) is 32.1 Å². The van der Waals surface area contributed by atoms with Gasteiger partial charge in [-0.2, -0.15) is 0 Å². The largest absolute Gasteiger partial charge is 0.480 e. The van der Waals surface area contributed by atoms with Crippen LogP contribution in [0.25, 0.3) is 0 Å². The number of unbranched alkanes of at least 4 members (excludes halogenated alkanes) is 12. The molecule has 0 spiro atoms. The van der Waals surface area contributed by atoms with Gasteiger partial charge in [-0.25, -0.2) is 4.79 Å². The van der Waals surface area contributed by atoms with Crippen molar-refractivity contribution in [3.05, 3.63) is 97.2 Å². The maximum Gasteiger partial charge on any atom is 0.326 e. The zero-order valence-electron chi connectivity index (χ0n) is 36.8. The Kier molecular flexibility index (Phi) is 41.6. The molecule has 2 unspecified atom stereocenters. The van der Waals surface area contributed by atoms with Crippen LogP contribution in [0, 0.1) is 0 Å². The van der Waals surface area contributed by atoms with Crippen LogP contribution in [-0.4, -0.2) is 41.6 Å². The number of nitrogens with one attached hydrogen (secondary N) is 1. The molecule has 7 nitrogen and oxygen atoms in total. The van der Waals surface area contributed by atoms with E-state index >= 15 is 0 Å². The number of allylic oxidation sites excluding steroid dienone is 15. The molecule has 1 amide bonds. The van der Waals surface area contributed by atoms with Gasteiger partial charge in [-0.3, -0.25) is 9.59 Å². The molecular weight excluding hydrogens is 721 g/mol. The number of carbonyl (C=O) groups excluding carboxylic acids is 2. The van der Waals surface area contributed by atoms with E-state index in [1.54, 1.807) is 0 Å². The highest BCUT2D eigenvalue weighted by molar-refractivity contribution is 5.83. The lowest BCUT2D eigenvalue weighted by molar-refractivity contribution is -0.147. The molecule has 0 aliphatic carbocycles. The van der Waals surface area contributed by atoms with Crippen LogP contribution in [0.15, 0.2) is 97.2 Å². The number of rotatable bonds is 40. The van der Waals surface area contributed by atoms with Crippen LogP contribution in [0.2, 0.25) is 0 Å². The Bertz CT molecular complexity index is 1230. The van der Waals surface area contributed by atoms with E-state index in [9.17, 15) is 19.5 Å². The minimum absolute atomic E-state index is 0.0987. The summed E-state index contributed by atoms with van der Waals surface area (Å²) in [4.78, 5) is 36.3. The molecule has 58 heavy (non-hydrogen) atoms. The topological polar surface area (TPSA) is 119 Å². The summed E-state index contributed by atoms with van der Waals surface area (Å²) in [6, 6.07) is -0.863. The molecule has 0 saturated carbocycles. The van der Waals surface area contributed by atoms with E-state index in [1.807, 2.05) is 0 Å². The zero-order valence-corrected chi connectivity index (χ0v) is 36.8.